The minimum atomic E-state index is -0.476. The predicted octanol–water partition coefficient (Wildman–Crippen LogP) is 5.72. The van der Waals surface area contributed by atoms with Crippen molar-refractivity contribution < 1.29 is 23.1 Å². The van der Waals surface area contributed by atoms with Gasteiger partial charge in [0, 0.05) is 23.6 Å². The fourth-order valence-corrected chi connectivity index (χ4v) is 5.91. The third-order valence-corrected chi connectivity index (χ3v) is 7.99. The van der Waals surface area contributed by atoms with Gasteiger partial charge in [0.25, 0.3) is 0 Å². The van der Waals surface area contributed by atoms with Gasteiger partial charge in [-0.05, 0) is 35.7 Å². The third-order valence-electron chi connectivity index (χ3n) is 7.13. The summed E-state index contributed by atoms with van der Waals surface area (Å²) < 4.78 is 27.6. The number of hydrogen-bond donors (Lipinski definition) is 0. The highest BCUT2D eigenvalue weighted by molar-refractivity contribution is 7.09. The van der Waals surface area contributed by atoms with Gasteiger partial charge in [-0.2, -0.15) is 0 Å². The van der Waals surface area contributed by atoms with Gasteiger partial charge in [0.1, 0.15) is 31.3 Å². The minimum Gasteiger partial charge on any atom is -0.488 e. The number of para-hydroxylation sites is 2. The largest absolute Gasteiger partial charge is 0.488 e. The summed E-state index contributed by atoms with van der Waals surface area (Å²) in [7, 11) is 0. The molecule has 5 nitrogen and oxygen atoms in total. The lowest BCUT2D eigenvalue weighted by Crippen LogP contribution is -2.65. The molecule has 1 amide bonds. The van der Waals surface area contributed by atoms with E-state index in [1.54, 1.807) is 29.5 Å². The first-order valence-corrected chi connectivity index (χ1v) is 12.8. The highest BCUT2D eigenvalue weighted by atomic mass is 32.1. The molecule has 7 heteroatoms. The van der Waals surface area contributed by atoms with Crippen LogP contribution in [0.15, 0.2) is 72.1 Å². The van der Waals surface area contributed by atoms with Crippen molar-refractivity contribution in [1.82, 2.24) is 0 Å². The number of quaternary nitrogens is 1. The standard InChI is InChI=1S/C27H30FN2O3S/c28-24-10-4-5-11-25(24)29(19-23-9-6-18-34-23)27(31)33-26-20-30(14-12-21(26)13-15-30)16-17-32-22-7-2-1-3-8-22/h1-11,18,21,26H,12-17,19-20H2/q+1/t21?,26-,30?/m0/s1. The first-order valence-electron chi connectivity index (χ1n) is 11.9. The van der Waals surface area contributed by atoms with Crippen molar-refractivity contribution in [3.63, 3.8) is 0 Å². The van der Waals surface area contributed by atoms with E-state index in [2.05, 4.69) is 0 Å². The molecule has 0 radical (unpaired) electrons. The summed E-state index contributed by atoms with van der Waals surface area (Å²) in [4.78, 5) is 15.8. The van der Waals surface area contributed by atoms with Crippen molar-refractivity contribution in [2.75, 3.05) is 37.7 Å². The molecule has 178 valence electrons. The van der Waals surface area contributed by atoms with Crippen LogP contribution in [-0.4, -0.2) is 49.5 Å². The summed E-state index contributed by atoms with van der Waals surface area (Å²) in [6.45, 7) is 4.78. The number of fused-ring (bicyclic) bond motifs is 3. The van der Waals surface area contributed by atoms with Gasteiger partial charge >= 0.3 is 6.09 Å². The van der Waals surface area contributed by atoms with Crippen LogP contribution < -0.4 is 9.64 Å². The number of thiophene rings is 1. The van der Waals surface area contributed by atoms with E-state index in [1.807, 2.05) is 47.8 Å². The number of ether oxygens (including phenoxy) is 2. The molecular formula is C27H30FN2O3S+. The van der Waals surface area contributed by atoms with Gasteiger partial charge in [-0.3, -0.25) is 4.90 Å². The number of anilines is 1. The average molecular weight is 482 g/mol. The molecule has 3 aromatic rings. The second kappa shape index (κ2) is 10.2. The zero-order valence-electron chi connectivity index (χ0n) is 19.1. The molecule has 3 saturated heterocycles. The summed E-state index contributed by atoms with van der Waals surface area (Å²) in [6.07, 6.45) is 1.43. The average Bonchev–Trinajstić information content (AvgIpc) is 3.38. The molecule has 3 fully saturated rings. The van der Waals surface area contributed by atoms with Crippen LogP contribution in [0.3, 0.4) is 0 Å². The van der Waals surface area contributed by atoms with Crippen LogP contribution in [0.25, 0.3) is 0 Å². The van der Waals surface area contributed by atoms with Crippen LogP contribution in [0.5, 0.6) is 5.75 Å². The Morgan fingerprint density at radius 1 is 1.03 bits per heavy atom. The molecule has 1 atom stereocenters. The Morgan fingerprint density at radius 3 is 2.53 bits per heavy atom. The molecule has 3 aliphatic heterocycles. The van der Waals surface area contributed by atoms with Crippen LogP contribution >= 0.6 is 11.3 Å². The lowest BCUT2D eigenvalue weighted by Gasteiger charge is -2.52. The first-order chi connectivity index (χ1) is 16.6. The summed E-state index contributed by atoms with van der Waals surface area (Å²) in [5, 5.41) is 1.96. The molecule has 6 rings (SSSR count). The van der Waals surface area contributed by atoms with E-state index in [1.165, 1.54) is 11.0 Å². The molecule has 2 bridgehead atoms. The number of piperidine rings is 3. The third kappa shape index (κ3) is 5.10. The van der Waals surface area contributed by atoms with Crippen molar-refractivity contribution in [2.45, 2.75) is 25.5 Å². The zero-order valence-corrected chi connectivity index (χ0v) is 20.0. The van der Waals surface area contributed by atoms with Crippen molar-refractivity contribution in [1.29, 1.82) is 0 Å². The van der Waals surface area contributed by atoms with Crippen molar-refractivity contribution in [2.24, 2.45) is 5.92 Å². The maximum atomic E-state index is 14.6. The molecule has 1 aromatic heterocycles. The second-order valence-electron chi connectivity index (χ2n) is 9.23. The molecule has 4 heterocycles. The fourth-order valence-electron chi connectivity index (χ4n) is 5.21. The Kier molecular flexibility index (Phi) is 6.83. The topological polar surface area (TPSA) is 38.8 Å². The minimum absolute atomic E-state index is 0.163. The molecule has 34 heavy (non-hydrogen) atoms. The van der Waals surface area contributed by atoms with E-state index in [4.69, 9.17) is 9.47 Å². The Labute approximate surface area is 203 Å². The Bertz CT molecular complexity index is 1080. The second-order valence-corrected chi connectivity index (χ2v) is 10.3. The molecule has 0 saturated carbocycles. The van der Waals surface area contributed by atoms with E-state index >= 15 is 0 Å². The quantitative estimate of drug-likeness (QED) is 0.387. The number of rotatable bonds is 8. The molecule has 0 unspecified atom stereocenters. The van der Waals surface area contributed by atoms with Crippen molar-refractivity contribution in [3.8, 4) is 5.75 Å². The number of halogens is 1. The lowest BCUT2D eigenvalue weighted by atomic mass is 9.83. The Morgan fingerprint density at radius 2 is 1.79 bits per heavy atom. The van der Waals surface area contributed by atoms with Gasteiger partial charge in [0.2, 0.25) is 0 Å². The van der Waals surface area contributed by atoms with Gasteiger partial charge in [-0.25, -0.2) is 9.18 Å². The molecule has 0 N–H and O–H groups in total. The first kappa shape index (κ1) is 22.9. The molecule has 0 spiro atoms. The summed E-state index contributed by atoms with van der Waals surface area (Å²) >= 11 is 1.55. The van der Waals surface area contributed by atoms with Gasteiger partial charge in [0.05, 0.1) is 25.3 Å². The van der Waals surface area contributed by atoms with Crippen LogP contribution in [0, 0.1) is 11.7 Å². The predicted molar refractivity (Wildman–Crippen MR) is 132 cm³/mol. The van der Waals surface area contributed by atoms with Crippen molar-refractivity contribution >= 4 is 23.1 Å². The number of hydrogen-bond acceptors (Lipinski definition) is 4. The monoisotopic (exact) mass is 481 g/mol. The summed E-state index contributed by atoms with van der Waals surface area (Å²) in [5.41, 5.74) is 0.252. The Hall–Kier alpha value is -2.90. The number of carbonyl (C=O) groups excluding carboxylic acids is 1. The molecular weight excluding hydrogens is 451 g/mol. The number of nitrogens with zero attached hydrogens (tertiary/aromatic N) is 2. The van der Waals surface area contributed by atoms with Gasteiger partial charge in [-0.1, -0.05) is 36.4 Å². The van der Waals surface area contributed by atoms with E-state index in [-0.39, 0.29) is 11.8 Å². The number of benzene rings is 2. The molecule has 2 aromatic carbocycles. The Balaban J connectivity index is 1.26. The smallest absolute Gasteiger partial charge is 0.415 e. The normalized spacial score (nSPS) is 23.4. The fraction of sp³-hybridized carbons (Fsp3) is 0.370. The molecule has 3 aliphatic rings. The lowest BCUT2D eigenvalue weighted by molar-refractivity contribution is -0.946. The number of amides is 1. The van der Waals surface area contributed by atoms with Gasteiger partial charge < -0.3 is 14.0 Å². The van der Waals surface area contributed by atoms with Gasteiger partial charge in [-0.15, -0.1) is 11.3 Å². The SMILES string of the molecule is O=C(O[C@H]1C[N+]2(CCOc3ccccc3)CCC1CC2)N(Cc1cccs1)c1ccccc1F. The maximum absolute atomic E-state index is 14.6. The summed E-state index contributed by atoms with van der Waals surface area (Å²) in [5.74, 6) is 0.819. The van der Waals surface area contributed by atoms with Crippen LogP contribution in [0.1, 0.15) is 17.7 Å². The van der Waals surface area contributed by atoms with E-state index in [9.17, 15) is 9.18 Å². The highest BCUT2D eigenvalue weighted by Crippen LogP contribution is 2.36. The summed E-state index contributed by atoms with van der Waals surface area (Å²) in [6, 6.07) is 20.1. The van der Waals surface area contributed by atoms with Crippen LogP contribution in [0.4, 0.5) is 14.9 Å². The van der Waals surface area contributed by atoms with Gasteiger partial charge in [0.15, 0.2) is 6.10 Å². The molecule has 0 aliphatic carbocycles. The van der Waals surface area contributed by atoms with Crippen molar-refractivity contribution in [3.05, 3.63) is 82.8 Å². The zero-order chi connectivity index (χ0) is 23.4. The van der Waals surface area contributed by atoms with Crippen LogP contribution in [0.2, 0.25) is 0 Å². The number of carbonyl (C=O) groups is 1. The van der Waals surface area contributed by atoms with E-state index in [0.29, 0.717) is 19.1 Å². The van der Waals surface area contributed by atoms with E-state index in [0.717, 1.165) is 54.1 Å². The van der Waals surface area contributed by atoms with E-state index < -0.39 is 11.9 Å². The maximum Gasteiger partial charge on any atom is 0.415 e. The highest BCUT2D eigenvalue weighted by Gasteiger charge is 2.48. The van der Waals surface area contributed by atoms with Crippen LogP contribution in [-0.2, 0) is 11.3 Å².